The van der Waals surface area contributed by atoms with E-state index in [0.717, 1.165) is 0 Å². The number of ether oxygens (including phenoxy) is 1. The minimum atomic E-state index is -1.24. The number of pyridine rings is 1. The van der Waals surface area contributed by atoms with Crippen LogP contribution in [0, 0.1) is 0 Å². The molecule has 7 nitrogen and oxygen atoms in total. The first kappa shape index (κ1) is 15.9. The van der Waals surface area contributed by atoms with E-state index in [-0.39, 0.29) is 18.5 Å². The van der Waals surface area contributed by atoms with Crippen molar-refractivity contribution in [2.45, 2.75) is 18.9 Å². The number of nitrogens with zero attached hydrogens (tertiary/aromatic N) is 1. The smallest absolute Gasteiger partial charge is 0.326 e. The predicted molar refractivity (Wildman–Crippen MR) is 69.4 cm³/mol. The number of carbonyl (C=O) groups is 3. The average Bonchev–Trinajstić information content (AvgIpc) is 2.43. The number of nitrogens with one attached hydrogen (secondary N) is 1. The third-order valence-electron chi connectivity index (χ3n) is 2.43. The van der Waals surface area contributed by atoms with Gasteiger partial charge in [0.1, 0.15) is 11.7 Å². The number of amides is 1. The van der Waals surface area contributed by atoms with Gasteiger partial charge in [-0.3, -0.25) is 9.59 Å². The average molecular weight is 301 g/mol. The highest BCUT2D eigenvalue weighted by Crippen LogP contribution is 2.07. The summed E-state index contributed by atoms with van der Waals surface area (Å²) in [6, 6.07) is 1.64. The molecule has 20 heavy (non-hydrogen) atoms. The molecule has 1 amide bonds. The zero-order chi connectivity index (χ0) is 15.1. The van der Waals surface area contributed by atoms with Crippen LogP contribution in [0.1, 0.15) is 23.3 Å². The predicted octanol–water partition coefficient (Wildman–Crippen LogP) is 0.871. The van der Waals surface area contributed by atoms with Crippen molar-refractivity contribution >= 4 is 29.4 Å². The van der Waals surface area contributed by atoms with Crippen molar-refractivity contribution in [2.24, 2.45) is 0 Å². The Morgan fingerprint density at radius 1 is 1.45 bits per heavy atom. The van der Waals surface area contributed by atoms with Crippen LogP contribution in [-0.4, -0.2) is 41.1 Å². The minimum absolute atomic E-state index is 0.0405. The number of hydrogen-bond donors (Lipinski definition) is 2. The number of halogens is 1. The number of aliphatic carboxylic acids is 1. The molecule has 0 fully saturated rings. The van der Waals surface area contributed by atoms with Gasteiger partial charge in [-0.1, -0.05) is 11.6 Å². The monoisotopic (exact) mass is 300 g/mol. The summed E-state index contributed by atoms with van der Waals surface area (Å²) in [5.41, 5.74) is 0.0405. The van der Waals surface area contributed by atoms with Gasteiger partial charge >= 0.3 is 11.9 Å². The van der Waals surface area contributed by atoms with Gasteiger partial charge in [0.2, 0.25) is 0 Å². The number of carboxylic acids is 1. The van der Waals surface area contributed by atoms with Gasteiger partial charge in [0, 0.05) is 12.6 Å². The molecular formula is C12H13ClN2O5. The number of rotatable bonds is 6. The Morgan fingerprint density at radius 3 is 2.65 bits per heavy atom. The third-order valence-corrected chi connectivity index (χ3v) is 2.65. The van der Waals surface area contributed by atoms with Crippen molar-refractivity contribution in [1.82, 2.24) is 10.3 Å². The summed E-state index contributed by atoms with van der Waals surface area (Å²) in [5, 5.41) is 11.6. The number of carbonyl (C=O) groups excluding carboxylic acids is 2. The van der Waals surface area contributed by atoms with E-state index in [2.05, 4.69) is 15.0 Å². The molecule has 8 heteroatoms. The molecule has 1 heterocycles. The number of esters is 1. The van der Waals surface area contributed by atoms with Crippen LogP contribution < -0.4 is 5.32 Å². The van der Waals surface area contributed by atoms with Crippen LogP contribution in [0.5, 0.6) is 0 Å². The molecule has 108 valence electrons. The third kappa shape index (κ3) is 4.85. The molecular weight excluding hydrogens is 288 g/mol. The summed E-state index contributed by atoms with van der Waals surface area (Å²) >= 11 is 5.63. The SMILES string of the molecule is COC(=O)CC[C@H](NC(=O)c1ccc(Cl)cn1)C(=O)O. The fraction of sp³-hybridized carbons (Fsp3) is 0.333. The fourth-order valence-corrected chi connectivity index (χ4v) is 1.48. The summed E-state index contributed by atoms with van der Waals surface area (Å²) in [6.45, 7) is 0. The molecule has 1 aromatic heterocycles. The maximum atomic E-state index is 11.8. The van der Waals surface area contributed by atoms with Gasteiger partial charge in [-0.2, -0.15) is 0 Å². The van der Waals surface area contributed by atoms with E-state index in [1.165, 1.54) is 25.4 Å². The normalized spacial score (nSPS) is 11.5. The van der Waals surface area contributed by atoms with Gasteiger partial charge in [-0.15, -0.1) is 0 Å². The lowest BCUT2D eigenvalue weighted by Crippen LogP contribution is -2.41. The van der Waals surface area contributed by atoms with Gasteiger partial charge in [0.25, 0.3) is 5.91 Å². The molecule has 0 aliphatic heterocycles. The van der Waals surface area contributed by atoms with Crippen LogP contribution in [0.4, 0.5) is 0 Å². The van der Waals surface area contributed by atoms with Gasteiger partial charge in [-0.25, -0.2) is 9.78 Å². The standard InChI is InChI=1S/C12H13ClN2O5/c1-20-10(16)5-4-9(12(18)19)15-11(17)8-3-2-7(13)6-14-8/h2-3,6,9H,4-5H2,1H3,(H,15,17)(H,18,19)/t9-/m0/s1. The van der Waals surface area contributed by atoms with E-state index in [1.54, 1.807) is 0 Å². The Bertz CT molecular complexity index is 503. The topological polar surface area (TPSA) is 106 Å². The molecule has 0 saturated heterocycles. The maximum Gasteiger partial charge on any atom is 0.326 e. The Labute approximate surface area is 119 Å². The van der Waals surface area contributed by atoms with E-state index in [4.69, 9.17) is 16.7 Å². The van der Waals surface area contributed by atoms with Crippen molar-refractivity contribution < 1.29 is 24.2 Å². The van der Waals surface area contributed by atoms with E-state index in [0.29, 0.717) is 5.02 Å². The van der Waals surface area contributed by atoms with Crippen molar-refractivity contribution in [3.05, 3.63) is 29.0 Å². The van der Waals surface area contributed by atoms with E-state index in [1.807, 2.05) is 0 Å². The van der Waals surface area contributed by atoms with Crippen molar-refractivity contribution in [2.75, 3.05) is 7.11 Å². The quantitative estimate of drug-likeness (QED) is 0.755. The van der Waals surface area contributed by atoms with E-state index in [9.17, 15) is 14.4 Å². The minimum Gasteiger partial charge on any atom is -0.480 e. The summed E-state index contributed by atoms with van der Waals surface area (Å²) < 4.78 is 4.41. The van der Waals surface area contributed by atoms with Crippen molar-refractivity contribution in [1.29, 1.82) is 0 Å². The molecule has 0 saturated carbocycles. The van der Waals surface area contributed by atoms with Crippen LogP contribution in [0.3, 0.4) is 0 Å². The molecule has 0 aliphatic carbocycles. The Balaban J connectivity index is 2.65. The molecule has 0 bridgehead atoms. The second-order valence-corrected chi connectivity index (χ2v) is 4.28. The second-order valence-electron chi connectivity index (χ2n) is 3.84. The summed E-state index contributed by atoms with van der Waals surface area (Å²) in [4.78, 5) is 37.6. The molecule has 0 radical (unpaired) electrons. The van der Waals surface area contributed by atoms with Gasteiger partial charge in [-0.05, 0) is 18.6 Å². The maximum absolute atomic E-state index is 11.8. The summed E-state index contributed by atoms with van der Waals surface area (Å²) in [5.74, 6) is -2.44. The molecule has 1 rings (SSSR count). The molecule has 0 aromatic carbocycles. The van der Waals surface area contributed by atoms with Gasteiger partial charge in [0.05, 0.1) is 12.1 Å². The van der Waals surface area contributed by atoms with Gasteiger partial charge < -0.3 is 15.2 Å². The molecule has 0 spiro atoms. The van der Waals surface area contributed by atoms with Crippen LogP contribution >= 0.6 is 11.6 Å². The number of aromatic nitrogens is 1. The highest BCUT2D eigenvalue weighted by molar-refractivity contribution is 6.30. The highest BCUT2D eigenvalue weighted by atomic mass is 35.5. The van der Waals surface area contributed by atoms with Crippen molar-refractivity contribution in [3.8, 4) is 0 Å². The lowest BCUT2D eigenvalue weighted by atomic mass is 10.1. The lowest BCUT2D eigenvalue weighted by Gasteiger charge is -2.13. The van der Waals surface area contributed by atoms with E-state index < -0.39 is 23.9 Å². The molecule has 2 N–H and O–H groups in total. The van der Waals surface area contributed by atoms with Crippen LogP contribution in [-0.2, 0) is 14.3 Å². The van der Waals surface area contributed by atoms with Crippen molar-refractivity contribution in [3.63, 3.8) is 0 Å². The first-order valence-electron chi connectivity index (χ1n) is 5.66. The molecule has 1 aromatic rings. The van der Waals surface area contributed by atoms with E-state index >= 15 is 0 Å². The Hall–Kier alpha value is -2.15. The Morgan fingerprint density at radius 2 is 2.15 bits per heavy atom. The first-order valence-corrected chi connectivity index (χ1v) is 6.04. The second kappa shape index (κ2) is 7.44. The highest BCUT2D eigenvalue weighted by Gasteiger charge is 2.22. The molecule has 0 aliphatic rings. The van der Waals surface area contributed by atoms with Crippen LogP contribution in [0.2, 0.25) is 5.02 Å². The largest absolute Gasteiger partial charge is 0.480 e. The Kier molecular flexibility index (Phi) is 5.92. The van der Waals surface area contributed by atoms with Crippen LogP contribution in [0.15, 0.2) is 18.3 Å². The molecule has 0 unspecified atom stereocenters. The van der Waals surface area contributed by atoms with Crippen LogP contribution in [0.25, 0.3) is 0 Å². The first-order chi connectivity index (χ1) is 9.43. The lowest BCUT2D eigenvalue weighted by molar-refractivity contribution is -0.142. The summed E-state index contributed by atoms with van der Waals surface area (Å²) in [7, 11) is 1.20. The van der Waals surface area contributed by atoms with Gasteiger partial charge in [0.15, 0.2) is 0 Å². The number of methoxy groups -OCH3 is 1. The zero-order valence-corrected chi connectivity index (χ0v) is 11.4. The fourth-order valence-electron chi connectivity index (χ4n) is 1.36. The zero-order valence-electron chi connectivity index (χ0n) is 10.6. The number of carboxylic acid groups (broad SMARTS) is 1. The number of hydrogen-bond acceptors (Lipinski definition) is 5. The molecule has 1 atom stereocenters. The summed E-state index contributed by atoms with van der Waals surface area (Å²) in [6.07, 6.45) is 1.10.